The smallest absolute Gasteiger partial charge is 0.222 e. The second-order valence-corrected chi connectivity index (χ2v) is 11.4. The Hall–Kier alpha value is -3.61. The van der Waals surface area contributed by atoms with E-state index in [1.807, 2.05) is 18.2 Å². The summed E-state index contributed by atoms with van der Waals surface area (Å²) in [7, 11) is 1.79. The Morgan fingerprint density at radius 3 is 2.52 bits per heavy atom. The number of benzene rings is 4. The number of aromatic amines is 1. The minimum atomic E-state index is -0.294. The van der Waals surface area contributed by atoms with Gasteiger partial charge in [-0.25, -0.2) is 4.39 Å². The highest BCUT2D eigenvalue weighted by Gasteiger charge is 2.18. The number of amides is 1. The molecule has 0 unspecified atom stereocenters. The van der Waals surface area contributed by atoms with E-state index in [1.165, 1.54) is 11.6 Å². The van der Waals surface area contributed by atoms with Crippen LogP contribution in [0.5, 0.6) is 11.5 Å². The molecule has 0 aliphatic heterocycles. The van der Waals surface area contributed by atoms with Gasteiger partial charge < -0.3 is 14.6 Å². The molecule has 0 radical (unpaired) electrons. The van der Waals surface area contributed by atoms with Crippen molar-refractivity contribution < 1.29 is 13.9 Å². The Bertz CT molecular complexity index is 1700. The third-order valence-electron chi connectivity index (χ3n) is 7.00. The maximum Gasteiger partial charge on any atom is 0.222 e. The molecule has 40 heavy (non-hydrogen) atoms. The summed E-state index contributed by atoms with van der Waals surface area (Å²) in [6.07, 6.45) is 0.943. The monoisotopic (exact) mass is 618 g/mol. The maximum atomic E-state index is 13.7. The zero-order valence-electron chi connectivity index (χ0n) is 22.5. The Kier molecular flexibility index (Phi) is 8.29. The lowest BCUT2D eigenvalue weighted by Gasteiger charge is -2.20. The van der Waals surface area contributed by atoms with E-state index in [0.717, 1.165) is 37.8 Å². The highest BCUT2D eigenvalue weighted by molar-refractivity contribution is 9.10. The topological polar surface area (TPSA) is 45.3 Å². The van der Waals surface area contributed by atoms with Gasteiger partial charge in [-0.3, -0.25) is 4.79 Å². The fraction of sp³-hybridized carbons (Fsp3) is 0.182. The highest BCUT2D eigenvalue weighted by atomic mass is 79.9. The number of aryl methyl sites for hydroxylation is 3. The van der Waals surface area contributed by atoms with E-state index in [0.29, 0.717) is 41.5 Å². The predicted octanol–water partition coefficient (Wildman–Crippen LogP) is 9.39. The molecule has 5 aromatic rings. The predicted molar refractivity (Wildman–Crippen MR) is 164 cm³/mol. The second-order valence-electron chi connectivity index (χ2n) is 10.0. The van der Waals surface area contributed by atoms with Gasteiger partial charge in [0.05, 0.1) is 0 Å². The molecule has 204 valence electrons. The van der Waals surface area contributed by atoms with Crippen molar-refractivity contribution in [3.8, 4) is 22.8 Å². The van der Waals surface area contributed by atoms with E-state index < -0.39 is 0 Å². The zero-order chi connectivity index (χ0) is 28.4. The standard InChI is InChI=1S/C33H29BrClFN2O2/c1-20-4-14-30-28(16-20)27(33(37-30)22-5-8-24(34)9-6-22)12-15-32(39)38(3)19-23-7-10-25(35)18-31(23)40-26-11-13-29(36)21(2)17-26/h4-11,13-14,16-18,37H,12,15,19H2,1-3H3. The molecular formula is C33H29BrClFN2O2. The number of carbonyl (C=O) groups excluding carboxylic acids is 1. The lowest BCUT2D eigenvalue weighted by Crippen LogP contribution is -2.26. The molecule has 0 saturated carbocycles. The van der Waals surface area contributed by atoms with E-state index in [1.54, 1.807) is 43.1 Å². The van der Waals surface area contributed by atoms with E-state index in [-0.39, 0.29) is 11.7 Å². The Labute approximate surface area is 246 Å². The normalized spacial score (nSPS) is 11.2. The average molecular weight is 620 g/mol. The summed E-state index contributed by atoms with van der Waals surface area (Å²) >= 11 is 9.77. The SMILES string of the molecule is Cc1ccc2[nH]c(-c3ccc(Br)cc3)c(CCC(=O)N(C)Cc3ccc(Cl)cc3Oc3ccc(F)c(C)c3)c2c1. The van der Waals surface area contributed by atoms with Crippen molar-refractivity contribution in [2.24, 2.45) is 0 Å². The molecule has 7 heteroatoms. The number of nitrogens with zero attached hydrogens (tertiary/aromatic N) is 1. The third-order valence-corrected chi connectivity index (χ3v) is 7.77. The number of H-pyrrole nitrogens is 1. The van der Waals surface area contributed by atoms with Crippen molar-refractivity contribution in [1.29, 1.82) is 0 Å². The lowest BCUT2D eigenvalue weighted by molar-refractivity contribution is -0.130. The second kappa shape index (κ2) is 11.9. The molecule has 4 nitrogen and oxygen atoms in total. The molecule has 1 N–H and O–H groups in total. The molecule has 0 spiro atoms. The first-order valence-corrected chi connectivity index (χ1v) is 14.2. The van der Waals surface area contributed by atoms with Gasteiger partial charge in [-0.1, -0.05) is 57.4 Å². The van der Waals surface area contributed by atoms with Crippen molar-refractivity contribution in [2.75, 3.05) is 7.05 Å². The summed E-state index contributed by atoms with van der Waals surface area (Å²) in [6, 6.07) is 24.5. The number of aromatic nitrogens is 1. The van der Waals surface area contributed by atoms with Crippen molar-refractivity contribution in [2.45, 2.75) is 33.2 Å². The van der Waals surface area contributed by atoms with Gasteiger partial charge in [-0.2, -0.15) is 0 Å². The zero-order valence-corrected chi connectivity index (χ0v) is 24.9. The largest absolute Gasteiger partial charge is 0.457 e. The molecule has 5 rings (SSSR count). The van der Waals surface area contributed by atoms with Crippen molar-refractivity contribution in [1.82, 2.24) is 9.88 Å². The fourth-order valence-corrected chi connectivity index (χ4v) is 5.24. The summed E-state index contributed by atoms with van der Waals surface area (Å²) in [5, 5.41) is 1.65. The fourth-order valence-electron chi connectivity index (χ4n) is 4.81. The summed E-state index contributed by atoms with van der Waals surface area (Å²) in [5.41, 5.74) is 6.76. The van der Waals surface area contributed by atoms with E-state index >= 15 is 0 Å². The summed E-state index contributed by atoms with van der Waals surface area (Å²) in [4.78, 5) is 18.6. The van der Waals surface area contributed by atoms with Crippen molar-refractivity contribution in [3.63, 3.8) is 0 Å². The molecule has 1 heterocycles. The lowest BCUT2D eigenvalue weighted by atomic mass is 10.00. The molecule has 0 fully saturated rings. The first-order valence-electron chi connectivity index (χ1n) is 13.0. The van der Waals surface area contributed by atoms with Crippen LogP contribution in [0.2, 0.25) is 5.02 Å². The number of ether oxygens (including phenoxy) is 1. The van der Waals surface area contributed by atoms with Gasteiger partial charge in [0, 0.05) is 51.7 Å². The van der Waals surface area contributed by atoms with Gasteiger partial charge in [0.15, 0.2) is 0 Å². The summed E-state index contributed by atoms with van der Waals surface area (Å²) in [6.45, 7) is 4.11. The molecule has 4 aromatic carbocycles. The van der Waals surface area contributed by atoms with Crippen LogP contribution in [0.4, 0.5) is 4.39 Å². The van der Waals surface area contributed by atoms with Crippen LogP contribution in [0.15, 0.2) is 83.3 Å². The van der Waals surface area contributed by atoms with Gasteiger partial charge in [0.2, 0.25) is 5.91 Å². The maximum absolute atomic E-state index is 13.7. The summed E-state index contributed by atoms with van der Waals surface area (Å²) in [5.74, 6) is 0.759. The average Bonchev–Trinajstić information content (AvgIpc) is 3.28. The van der Waals surface area contributed by atoms with Crippen LogP contribution in [-0.2, 0) is 17.8 Å². The molecule has 0 aliphatic carbocycles. The minimum Gasteiger partial charge on any atom is -0.457 e. The van der Waals surface area contributed by atoms with Crippen molar-refractivity contribution in [3.05, 3.63) is 116 Å². The first kappa shape index (κ1) is 27.9. The number of hydrogen-bond donors (Lipinski definition) is 1. The number of hydrogen-bond acceptors (Lipinski definition) is 2. The number of fused-ring (bicyclic) bond motifs is 1. The molecule has 1 amide bonds. The van der Waals surface area contributed by atoms with Crippen LogP contribution in [-0.4, -0.2) is 22.8 Å². The van der Waals surface area contributed by atoms with Crippen molar-refractivity contribution >= 4 is 44.3 Å². The van der Waals surface area contributed by atoms with Gasteiger partial charge in [0.1, 0.15) is 17.3 Å². The van der Waals surface area contributed by atoms with Crippen LogP contribution >= 0.6 is 27.5 Å². The highest BCUT2D eigenvalue weighted by Crippen LogP contribution is 2.34. The van der Waals surface area contributed by atoms with Crippen LogP contribution in [0.3, 0.4) is 0 Å². The summed E-state index contributed by atoms with van der Waals surface area (Å²) < 4.78 is 20.8. The van der Waals surface area contributed by atoms with Gasteiger partial charge >= 0.3 is 0 Å². The molecular weight excluding hydrogens is 591 g/mol. The number of carbonyl (C=O) groups is 1. The molecule has 0 saturated heterocycles. The quantitative estimate of drug-likeness (QED) is 0.188. The minimum absolute atomic E-state index is 0.0160. The number of rotatable bonds is 8. The Morgan fingerprint density at radius 1 is 1.00 bits per heavy atom. The Balaban J connectivity index is 1.35. The number of halogens is 3. The first-order chi connectivity index (χ1) is 19.2. The number of nitrogens with one attached hydrogen (secondary N) is 1. The molecule has 0 bridgehead atoms. The molecule has 0 atom stereocenters. The van der Waals surface area contributed by atoms with E-state index in [9.17, 15) is 9.18 Å². The molecule has 1 aromatic heterocycles. The van der Waals surface area contributed by atoms with Gasteiger partial charge in [-0.05, 0) is 91.6 Å². The van der Waals surface area contributed by atoms with Crippen LogP contribution in [0, 0.1) is 19.7 Å². The third kappa shape index (κ3) is 6.24. The van der Waals surface area contributed by atoms with E-state index in [2.05, 4.69) is 58.2 Å². The van der Waals surface area contributed by atoms with Gasteiger partial charge in [-0.15, -0.1) is 0 Å². The Morgan fingerprint density at radius 2 is 1.77 bits per heavy atom. The van der Waals surface area contributed by atoms with Gasteiger partial charge in [0.25, 0.3) is 0 Å². The van der Waals surface area contributed by atoms with Crippen LogP contribution in [0.1, 0.15) is 28.7 Å². The van der Waals surface area contributed by atoms with Crippen LogP contribution < -0.4 is 4.74 Å². The van der Waals surface area contributed by atoms with E-state index in [4.69, 9.17) is 16.3 Å². The molecule has 0 aliphatic rings. The van der Waals surface area contributed by atoms with Crippen LogP contribution in [0.25, 0.3) is 22.2 Å².